The third-order valence-corrected chi connectivity index (χ3v) is 13.0. The number of rotatable bonds is 13. The Morgan fingerprint density at radius 2 is 1.78 bits per heavy atom. The number of unbranched alkanes of at least 4 members (excludes halogenated alkanes) is 2. The van der Waals surface area contributed by atoms with Crippen LogP contribution in [0, 0.1) is 52.3 Å². The van der Waals surface area contributed by atoms with Crippen molar-refractivity contribution in [1.82, 2.24) is 0 Å². The Kier molecular flexibility index (Phi) is 11.5. The standard InChI is InChI=1S/C39H64O2/c1-8-9-10-11-12-13-14-15-16-37(40)41-32-23-25-38(6)31(27-32)19-20-33-35-22-21-34(39(35,7)26-24-36(33)38)30(5)18-17-29(4)28(2)3/h8-9,11-12,19,28-30,32-36H,10,13-18,20-27H2,1-7H3/b9-8-,12-11-. The minimum atomic E-state index is 0.0214. The molecule has 0 heterocycles. The van der Waals surface area contributed by atoms with Gasteiger partial charge in [0, 0.05) is 12.8 Å². The second-order valence-electron chi connectivity index (χ2n) is 15.6. The zero-order valence-electron chi connectivity index (χ0n) is 27.9. The molecule has 0 saturated heterocycles. The molecule has 0 aromatic carbocycles. The first-order valence-corrected chi connectivity index (χ1v) is 17.7. The molecule has 4 aliphatic carbocycles. The predicted octanol–water partition coefficient (Wildman–Crippen LogP) is 11.3. The fourth-order valence-electron chi connectivity index (χ4n) is 9.97. The first-order valence-electron chi connectivity index (χ1n) is 17.7. The first kappa shape index (κ1) is 32.6. The maximum absolute atomic E-state index is 12.6. The van der Waals surface area contributed by atoms with Gasteiger partial charge in [0.1, 0.15) is 6.10 Å². The molecular weight excluding hydrogens is 500 g/mol. The molecule has 4 aliphatic rings. The summed E-state index contributed by atoms with van der Waals surface area (Å²) in [6, 6.07) is 0. The van der Waals surface area contributed by atoms with Crippen LogP contribution in [0.15, 0.2) is 36.0 Å². The highest BCUT2D eigenvalue weighted by molar-refractivity contribution is 5.69. The Balaban J connectivity index is 1.29. The molecule has 232 valence electrons. The third-order valence-electron chi connectivity index (χ3n) is 13.0. The molecule has 9 unspecified atom stereocenters. The van der Waals surface area contributed by atoms with E-state index < -0.39 is 0 Å². The van der Waals surface area contributed by atoms with Gasteiger partial charge in [-0.25, -0.2) is 0 Å². The van der Waals surface area contributed by atoms with Crippen molar-refractivity contribution in [3.63, 3.8) is 0 Å². The SMILES string of the molecule is C/C=C\C/C=C\CCCCC(=O)OC1CCC2(C)C(=CCC3C2CCC2(C)C(C(C)CCC(C)C(C)C)CCC32)C1. The maximum Gasteiger partial charge on any atom is 0.306 e. The zero-order valence-corrected chi connectivity index (χ0v) is 27.9. The Labute approximate surface area is 254 Å². The van der Waals surface area contributed by atoms with Crippen LogP contribution in [-0.2, 0) is 9.53 Å². The zero-order chi connectivity index (χ0) is 29.6. The lowest BCUT2D eigenvalue weighted by molar-refractivity contribution is -0.151. The molecule has 3 fully saturated rings. The van der Waals surface area contributed by atoms with Gasteiger partial charge < -0.3 is 4.74 Å². The van der Waals surface area contributed by atoms with E-state index in [9.17, 15) is 4.79 Å². The van der Waals surface area contributed by atoms with Crippen LogP contribution in [0.4, 0.5) is 0 Å². The van der Waals surface area contributed by atoms with Crippen molar-refractivity contribution in [2.75, 3.05) is 0 Å². The van der Waals surface area contributed by atoms with Crippen LogP contribution >= 0.6 is 0 Å². The van der Waals surface area contributed by atoms with Crippen molar-refractivity contribution in [2.45, 2.75) is 151 Å². The maximum atomic E-state index is 12.6. The van der Waals surface area contributed by atoms with Crippen molar-refractivity contribution in [3.8, 4) is 0 Å². The van der Waals surface area contributed by atoms with E-state index in [1.165, 1.54) is 51.4 Å². The molecule has 41 heavy (non-hydrogen) atoms. The predicted molar refractivity (Wildman–Crippen MR) is 175 cm³/mol. The summed E-state index contributed by atoms with van der Waals surface area (Å²) in [7, 11) is 0. The Morgan fingerprint density at radius 1 is 0.976 bits per heavy atom. The molecule has 9 atom stereocenters. The van der Waals surface area contributed by atoms with E-state index in [2.05, 4.69) is 78.8 Å². The lowest BCUT2D eigenvalue weighted by Crippen LogP contribution is -2.51. The van der Waals surface area contributed by atoms with E-state index in [0.29, 0.717) is 17.3 Å². The van der Waals surface area contributed by atoms with Gasteiger partial charge in [-0.05, 0) is 130 Å². The summed E-state index contributed by atoms with van der Waals surface area (Å²) >= 11 is 0. The van der Waals surface area contributed by atoms with Crippen molar-refractivity contribution < 1.29 is 9.53 Å². The summed E-state index contributed by atoms with van der Waals surface area (Å²) in [6.07, 6.45) is 29.1. The Morgan fingerprint density at radius 3 is 2.54 bits per heavy atom. The number of hydrogen-bond acceptors (Lipinski definition) is 2. The lowest BCUT2D eigenvalue weighted by atomic mass is 9.47. The van der Waals surface area contributed by atoms with Crippen LogP contribution in [0.3, 0.4) is 0 Å². The molecule has 2 nitrogen and oxygen atoms in total. The third kappa shape index (κ3) is 7.44. The highest BCUT2D eigenvalue weighted by Crippen LogP contribution is 2.67. The van der Waals surface area contributed by atoms with Gasteiger partial charge in [0.25, 0.3) is 0 Å². The van der Waals surface area contributed by atoms with Crippen molar-refractivity contribution in [3.05, 3.63) is 36.0 Å². The van der Waals surface area contributed by atoms with Gasteiger partial charge in [-0.1, -0.05) is 90.3 Å². The summed E-state index contributed by atoms with van der Waals surface area (Å²) in [6.45, 7) is 17.2. The second-order valence-corrected chi connectivity index (χ2v) is 15.6. The summed E-state index contributed by atoms with van der Waals surface area (Å²) < 4.78 is 6.05. The van der Waals surface area contributed by atoms with Gasteiger partial charge in [-0.15, -0.1) is 0 Å². The molecule has 0 amide bonds. The fraction of sp³-hybridized carbons (Fsp3) is 0.821. The van der Waals surface area contributed by atoms with E-state index in [1.807, 2.05) is 0 Å². The fourth-order valence-corrected chi connectivity index (χ4v) is 9.97. The minimum absolute atomic E-state index is 0.0214. The molecule has 4 rings (SSSR count). The number of hydrogen-bond donors (Lipinski definition) is 0. The Hall–Kier alpha value is -1.31. The number of esters is 1. The molecule has 0 bridgehead atoms. The highest BCUT2D eigenvalue weighted by atomic mass is 16.5. The van der Waals surface area contributed by atoms with Crippen LogP contribution in [0.1, 0.15) is 145 Å². The molecule has 0 aromatic heterocycles. The molecule has 0 N–H and O–H groups in total. The lowest BCUT2D eigenvalue weighted by Gasteiger charge is -2.58. The molecule has 0 spiro atoms. The quantitative estimate of drug-likeness (QED) is 0.126. The molecule has 0 aliphatic heterocycles. The largest absolute Gasteiger partial charge is 0.462 e. The van der Waals surface area contributed by atoms with E-state index in [-0.39, 0.29) is 12.1 Å². The van der Waals surface area contributed by atoms with Gasteiger partial charge >= 0.3 is 5.97 Å². The van der Waals surface area contributed by atoms with Gasteiger partial charge in [-0.3, -0.25) is 4.79 Å². The molecule has 2 heteroatoms. The van der Waals surface area contributed by atoms with E-state index in [0.717, 1.165) is 80.0 Å². The smallest absolute Gasteiger partial charge is 0.306 e. The van der Waals surface area contributed by atoms with Crippen LogP contribution < -0.4 is 0 Å². The van der Waals surface area contributed by atoms with Crippen LogP contribution in [0.25, 0.3) is 0 Å². The van der Waals surface area contributed by atoms with Gasteiger partial charge in [0.15, 0.2) is 0 Å². The molecular formula is C39H64O2. The number of carbonyl (C=O) groups is 1. The van der Waals surface area contributed by atoms with Crippen LogP contribution in [0.2, 0.25) is 0 Å². The van der Waals surface area contributed by atoms with E-state index >= 15 is 0 Å². The number of carbonyl (C=O) groups excluding carboxylic acids is 1. The van der Waals surface area contributed by atoms with Crippen molar-refractivity contribution in [2.24, 2.45) is 52.3 Å². The Bertz CT molecular complexity index is 941. The summed E-state index contributed by atoms with van der Waals surface area (Å²) in [4.78, 5) is 12.6. The molecule has 3 saturated carbocycles. The minimum Gasteiger partial charge on any atom is -0.462 e. The van der Waals surface area contributed by atoms with E-state index in [4.69, 9.17) is 4.74 Å². The van der Waals surface area contributed by atoms with Crippen molar-refractivity contribution >= 4 is 5.97 Å². The van der Waals surface area contributed by atoms with Crippen LogP contribution in [0.5, 0.6) is 0 Å². The van der Waals surface area contributed by atoms with Crippen molar-refractivity contribution in [1.29, 1.82) is 0 Å². The van der Waals surface area contributed by atoms with Gasteiger partial charge in [-0.2, -0.15) is 0 Å². The average molecular weight is 565 g/mol. The average Bonchev–Trinajstić information content (AvgIpc) is 3.30. The summed E-state index contributed by atoms with van der Waals surface area (Å²) in [5.41, 5.74) is 2.49. The topological polar surface area (TPSA) is 26.3 Å². The number of ether oxygens (including phenoxy) is 1. The normalized spacial score (nSPS) is 36.6. The number of allylic oxidation sites excluding steroid dienone is 5. The summed E-state index contributed by atoms with van der Waals surface area (Å²) in [5, 5.41) is 0. The number of fused-ring (bicyclic) bond motifs is 5. The summed E-state index contributed by atoms with van der Waals surface area (Å²) in [5.74, 6) is 6.03. The van der Waals surface area contributed by atoms with E-state index in [1.54, 1.807) is 5.57 Å². The van der Waals surface area contributed by atoms with Crippen LogP contribution in [-0.4, -0.2) is 12.1 Å². The molecule has 0 radical (unpaired) electrons. The first-order chi connectivity index (χ1) is 19.6. The van der Waals surface area contributed by atoms with Gasteiger partial charge in [0.05, 0.1) is 0 Å². The monoisotopic (exact) mass is 564 g/mol. The second kappa shape index (κ2) is 14.4. The highest BCUT2D eigenvalue weighted by Gasteiger charge is 2.59. The van der Waals surface area contributed by atoms with Gasteiger partial charge in [0.2, 0.25) is 0 Å². The molecule has 0 aromatic rings.